The van der Waals surface area contributed by atoms with E-state index in [9.17, 15) is 9.18 Å². The van der Waals surface area contributed by atoms with Crippen LogP contribution < -0.4 is 10.6 Å². The molecule has 2 N–H and O–H groups in total. The van der Waals surface area contributed by atoms with Gasteiger partial charge in [0.1, 0.15) is 11.6 Å². The Kier molecular flexibility index (Phi) is 4.90. The van der Waals surface area contributed by atoms with Crippen molar-refractivity contribution in [2.45, 2.75) is 13.8 Å². The van der Waals surface area contributed by atoms with Crippen LogP contribution in [0.5, 0.6) is 0 Å². The van der Waals surface area contributed by atoms with E-state index < -0.39 is 0 Å². The van der Waals surface area contributed by atoms with E-state index in [1.54, 1.807) is 31.3 Å². The summed E-state index contributed by atoms with van der Waals surface area (Å²) in [6, 6.07) is 6.25. The van der Waals surface area contributed by atoms with Gasteiger partial charge in [-0.1, -0.05) is 6.07 Å². The maximum Gasteiger partial charge on any atom is 0.259 e. The molecule has 21 heavy (non-hydrogen) atoms. The molecule has 0 atom stereocenters. The molecule has 1 amide bonds. The molecule has 0 bridgehead atoms. The summed E-state index contributed by atoms with van der Waals surface area (Å²) in [5.74, 6) is -0.201. The summed E-state index contributed by atoms with van der Waals surface area (Å²) in [4.78, 5) is 16.6. The molecule has 1 aromatic carbocycles. The summed E-state index contributed by atoms with van der Waals surface area (Å²) < 4.78 is 14.2. The quantitative estimate of drug-likeness (QED) is 0.875. The van der Waals surface area contributed by atoms with E-state index in [2.05, 4.69) is 31.5 Å². The van der Waals surface area contributed by atoms with Gasteiger partial charge >= 0.3 is 0 Å². The zero-order chi connectivity index (χ0) is 15.4. The minimum Gasteiger partial charge on any atom is -0.370 e. The number of nitrogens with zero attached hydrogens (tertiary/aromatic N) is 1. The number of benzene rings is 1. The molecule has 2 rings (SSSR count). The first-order valence-electron chi connectivity index (χ1n) is 6.48. The number of carbonyl (C=O) groups excluding carboxylic acids is 1. The third kappa shape index (κ3) is 3.58. The molecule has 1 heterocycles. The van der Waals surface area contributed by atoms with Crippen molar-refractivity contribution in [3.8, 4) is 0 Å². The van der Waals surface area contributed by atoms with Gasteiger partial charge in [-0.2, -0.15) is 0 Å². The molecule has 0 aliphatic rings. The second-order valence-electron chi connectivity index (χ2n) is 4.45. The first kappa shape index (κ1) is 15.4. The maximum atomic E-state index is 13.5. The first-order valence-corrected chi connectivity index (χ1v) is 7.28. The van der Waals surface area contributed by atoms with Crippen molar-refractivity contribution in [3.63, 3.8) is 0 Å². The highest BCUT2D eigenvalue weighted by Gasteiger charge is 2.15. The Balaban J connectivity index is 2.32. The van der Waals surface area contributed by atoms with Crippen molar-refractivity contribution in [2.75, 3.05) is 17.2 Å². The van der Waals surface area contributed by atoms with Gasteiger partial charge in [-0.05, 0) is 48.0 Å². The molecule has 0 unspecified atom stereocenters. The van der Waals surface area contributed by atoms with Crippen molar-refractivity contribution in [3.05, 3.63) is 51.9 Å². The van der Waals surface area contributed by atoms with Gasteiger partial charge in [0.05, 0.1) is 5.56 Å². The Morgan fingerprint density at radius 1 is 1.43 bits per heavy atom. The lowest BCUT2D eigenvalue weighted by Gasteiger charge is -2.12. The van der Waals surface area contributed by atoms with E-state index in [1.807, 2.05) is 6.92 Å². The third-order valence-electron chi connectivity index (χ3n) is 2.96. The lowest BCUT2D eigenvalue weighted by atomic mass is 10.1. The smallest absolute Gasteiger partial charge is 0.259 e. The molecular formula is C15H15BrFN3O. The monoisotopic (exact) mass is 351 g/mol. The summed E-state index contributed by atoms with van der Waals surface area (Å²) in [6.45, 7) is 4.19. The molecule has 0 saturated carbocycles. The van der Waals surface area contributed by atoms with Crippen LogP contribution in [0.2, 0.25) is 0 Å². The van der Waals surface area contributed by atoms with Crippen LogP contribution in [-0.2, 0) is 0 Å². The molecular weight excluding hydrogens is 337 g/mol. The number of anilines is 2. The summed E-state index contributed by atoms with van der Waals surface area (Å²) in [5, 5.41) is 5.74. The molecule has 6 heteroatoms. The fraction of sp³-hybridized carbons (Fsp3) is 0.200. The molecule has 1 aromatic heterocycles. The van der Waals surface area contributed by atoms with Crippen LogP contribution in [0.3, 0.4) is 0 Å². The van der Waals surface area contributed by atoms with Crippen LogP contribution >= 0.6 is 15.9 Å². The number of hydrogen-bond donors (Lipinski definition) is 2. The fourth-order valence-electron chi connectivity index (χ4n) is 1.85. The van der Waals surface area contributed by atoms with E-state index in [0.29, 0.717) is 33.6 Å². The molecule has 0 aliphatic carbocycles. The maximum absolute atomic E-state index is 13.5. The number of pyridine rings is 1. The molecule has 4 nitrogen and oxygen atoms in total. The van der Waals surface area contributed by atoms with Crippen LogP contribution in [-0.4, -0.2) is 17.4 Å². The van der Waals surface area contributed by atoms with Crippen molar-refractivity contribution < 1.29 is 9.18 Å². The van der Waals surface area contributed by atoms with Crippen LogP contribution in [0, 0.1) is 12.7 Å². The highest BCUT2D eigenvalue weighted by Crippen LogP contribution is 2.22. The Hall–Kier alpha value is -1.95. The van der Waals surface area contributed by atoms with Gasteiger partial charge in [0, 0.05) is 28.5 Å². The average Bonchev–Trinajstić information content (AvgIpc) is 2.46. The van der Waals surface area contributed by atoms with E-state index in [0.717, 1.165) is 0 Å². The van der Waals surface area contributed by atoms with Gasteiger partial charge < -0.3 is 10.6 Å². The number of carbonyl (C=O) groups is 1. The summed E-state index contributed by atoms with van der Waals surface area (Å²) in [6.07, 6.45) is 1.61. The number of rotatable bonds is 4. The Labute approximate surface area is 130 Å². The zero-order valence-electron chi connectivity index (χ0n) is 11.7. The van der Waals surface area contributed by atoms with Crippen LogP contribution in [0.4, 0.5) is 15.9 Å². The Bertz CT molecular complexity index is 676. The summed E-state index contributed by atoms with van der Waals surface area (Å²) in [7, 11) is 0. The highest BCUT2D eigenvalue weighted by atomic mass is 79.9. The highest BCUT2D eigenvalue weighted by molar-refractivity contribution is 9.10. The van der Waals surface area contributed by atoms with Crippen molar-refractivity contribution in [1.82, 2.24) is 4.98 Å². The normalized spacial score (nSPS) is 10.3. The molecule has 0 radical (unpaired) electrons. The standard InChI is InChI=1S/C15H15BrFN3O/c1-3-18-14-11(7-10(16)8-19-14)15(21)20-13-6-4-5-12(17)9(13)2/h4-8H,3H2,1-2H3,(H,18,19)(H,20,21). The minimum absolute atomic E-state index is 0.339. The van der Waals surface area contributed by atoms with Crippen molar-refractivity contribution in [1.29, 1.82) is 0 Å². The second-order valence-corrected chi connectivity index (χ2v) is 5.36. The van der Waals surface area contributed by atoms with E-state index in [4.69, 9.17) is 0 Å². The lowest BCUT2D eigenvalue weighted by molar-refractivity contribution is 0.102. The molecule has 0 aliphatic heterocycles. The molecule has 0 spiro atoms. The number of halogens is 2. The Morgan fingerprint density at radius 3 is 2.90 bits per heavy atom. The first-order chi connectivity index (χ1) is 10.0. The number of hydrogen-bond acceptors (Lipinski definition) is 3. The predicted octanol–water partition coefficient (Wildman–Crippen LogP) is 3.98. The molecule has 2 aromatic rings. The second kappa shape index (κ2) is 6.67. The summed E-state index contributed by atoms with van der Waals surface area (Å²) >= 11 is 3.30. The molecule has 110 valence electrons. The van der Waals surface area contributed by atoms with Gasteiger partial charge in [0.2, 0.25) is 0 Å². The van der Waals surface area contributed by atoms with Gasteiger partial charge in [-0.25, -0.2) is 9.37 Å². The summed E-state index contributed by atoms with van der Waals surface area (Å²) in [5.41, 5.74) is 1.25. The molecule has 0 saturated heterocycles. The fourth-order valence-corrected chi connectivity index (χ4v) is 2.18. The minimum atomic E-state index is -0.355. The van der Waals surface area contributed by atoms with Crippen molar-refractivity contribution in [2.24, 2.45) is 0 Å². The van der Waals surface area contributed by atoms with E-state index in [-0.39, 0.29) is 11.7 Å². The van der Waals surface area contributed by atoms with E-state index in [1.165, 1.54) is 6.07 Å². The number of amides is 1. The van der Waals surface area contributed by atoms with Gasteiger partial charge in [0.25, 0.3) is 5.91 Å². The van der Waals surface area contributed by atoms with Crippen LogP contribution in [0.25, 0.3) is 0 Å². The van der Waals surface area contributed by atoms with Gasteiger partial charge in [-0.3, -0.25) is 4.79 Å². The van der Waals surface area contributed by atoms with Gasteiger partial charge in [-0.15, -0.1) is 0 Å². The topological polar surface area (TPSA) is 54.0 Å². The lowest BCUT2D eigenvalue weighted by Crippen LogP contribution is -2.16. The molecule has 0 fully saturated rings. The zero-order valence-corrected chi connectivity index (χ0v) is 13.3. The predicted molar refractivity (Wildman–Crippen MR) is 85.2 cm³/mol. The van der Waals surface area contributed by atoms with Gasteiger partial charge in [0.15, 0.2) is 0 Å². The number of nitrogens with one attached hydrogen (secondary N) is 2. The Morgan fingerprint density at radius 2 is 2.19 bits per heavy atom. The average molecular weight is 352 g/mol. The SMILES string of the molecule is CCNc1ncc(Br)cc1C(=O)Nc1cccc(F)c1C. The third-order valence-corrected chi connectivity index (χ3v) is 3.39. The number of aromatic nitrogens is 1. The van der Waals surface area contributed by atoms with Crippen LogP contribution in [0.15, 0.2) is 34.9 Å². The largest absolute Gasteiger partial charge is 0.370 e. The van der Waals surface area contributed by atoms with Crippen LogP contribution in [0.1, 0.15) is 22.8 Å². The van der Waals surface area contributed by atoms with Crippen molar-refractivity contribution >= 4 is 33.3 Å². The van der Waals surface area contributed by atoms with E-state index >= 15 is 0 Å².